The summed E-state index contributed by atoms with van der Waals surface area (Å²) >= 11 is 2.20. The molecule has 1 saturated heterocycles. The zero-order valence-corrected chi connectivity index (χ0v) is 14.8. The number of rotatable bonds is 4. The molecule has 2 saturated carbocycles. The molecule has 1 spiro atoms. The summed E-state index contributed by atoms with van der Waals surface area (Å²) in [6.07, 6.45) is 9.19. The molecule has 0 atom stereocenters. The molecule has 126 valence electrons. The summed E-state index contributed by atoms with van der Waals surface area (Å²) in [5, 5.41) is 13.0. The Hall–Kier alpha value is -0.420. The lowest BCUT2D eigenvalue weighted by atomic mass is 9.87. The molecule has 5 heteroatoms. The fourth-order valence-corrected chi connectivity index (χ4v) is 5.30. The Balaban J connectivity index is 1.66. The second-order valence-electron chi connectivity index (χ2n) is 7.34. The van der Waals surface area contributed by atoms with Crippen molar-refractivity contribution in [1.29, 1.82) is 0 Å². The van der Waals surface area contributed by atoms with Crippen molar-refractivity contribution in [3.8, 4) is 0 Å². The molecule has 3 fully saturated rings. The molecular weight excluding hydrogens is 294 g/mol. The molecule has 0 amide bonds. The molecule has 4 nitrogen and oxygen atoms in total. The second kappa shape index (κ2) is 7.00. The number of aliphatic hydroxyl groups excluding tert-OH is 1. The molecule has 1 heterocycles. The van der Waals surface area contributed by atoms with E-state index < -0.39 is 0 Å². The Morgan fingerprint density at radius 3 is 2.64 bits per heavy atom. The first-order chi connectivity index (χ1) is 10.7. The van der Waals surface area contributed by atoms with Crippen molar-refractivity contribution in [1.82, 2.24) is 10.2 Å². The van der Waals surface area contributed by atoms with E-state index in [1.54, 1.807) is 0 Å². The van der Waals surface area contributed by atoms with E-state index in [0.717, 1.165) is 45.0 Å². The lowest BCUT2D eigenvalue weighted by Crippen LogP contribution is -2.53. The Morgan fingerprint density at radius 2 is 2.00 bits per heavy atom. The third-order valence-corrected chi connectivity index (χ3v) is 7.04. The van der Waals surface area contributed by atoms with Crippen molar-refractivity contribution in [2.75, 3.05) is 38.5 Å². The summed E-state index contributed by atoms with van der Waals surface area (Å²) in [7, 11) is 0. The summed E-state index contributed by atoms with van der Waals surface area (Å²) in [6, 6.07) is 0. The summed E-state index contributed by atoms with van der Waals surface area (Å²) < 4.78 is 0.473. The van der Waals surface area contributed by atoms with Crippen molar-refractivity contribution in [3.05, 3.63) is 0 Å². The maximum Gasteiger partial charge on any atom is 0.194 e. The number of nitrogens with one attached hydrogen (secondary N) is 1. The molecule has 0 aromatic rings. The molecular formula is C17H31N3OS. The van der Waals surface area contributed by atoms with E-state index in [9.17, 15) is 5.11 Å². The molecule has 3 rings (SSSR count). The van der Waals surface area contributed by atoms with Crippen LogP contribution in [0, 0.1) is 5.41 Å². The summed E-state index contributed by atoms with van der Waals surface area (Å²) in [5.74, 6) is 2.29. The maximum atomic E-state index is 9.50. The van der Waals surface area contributed by atoms with Gasteiger partial charge in [0.05, 0.1) is 13.2 Å². The number of hydrogen-bond donors (Lipinski definition) is 2. The minimum Gasteiger partial charge on any atom is -0.396 e. The Labute approximate surface area is 139 Å². The molecule has 1 aliphatic heterocycles. The standard InChI is InChI=1S/C17H31N3OS/c1-2-18-15(19-12-16(14-21)8-9-16)20-10-11-22-17(13-20)6-4-3-5-7-17/h21H,2-14H2,1H3,(H,18,19). The van der Waals surface area contributed by atoms with Gasteiger partial charge in [0.1, 0.15) is 0 Å². The topological polar surface area (TPSA) is 47.9 Å². The van der Waals surface area contributed by atoms with Crippen molar-refractivity contribution in [3.63, 3.8) is 0 Å². The van der Waals surface area contributed by atoms with E-state index in [1.807, 2.05) is 0 Å². The van der Waals surface area contributed by atoms with Crippen LogP contribution in [0.5, 0.6) is 0 Å². The Morgan fingerprint density at radius 1 is 1.23 bits per heavy atom. The second-order valence-corrected chi connectivity index (χ2v) is 8.90. The van der Waals surface area contributed by atoms with E-state index in [2.05, 4.69) is 28.9 Å². The van der Waals surface area contributed by atoms with Gasteiger partial charge in [-0.15, -0.1) is 0 Å². The van der Waals surface area contributed by atoms with Crippen molar-refractivity contribution < 1.29 is 5.11 Å². The van der Waals surface area contributed by atoms with Gasteiger partial charge in [-0.05, 0) is 32.6 Å². The van der Waals surface area contributed by atoms with Crippen LogP contribution in [-0.4, -0.2) is 59.3 Å². The van der Waals surface area contributed by atoms with E-state index >= 15 is 0 Å². The van der Waals surface area contributed by atoms with Crippen LogP contribution in [0.1, 0.15) is 51.9 Å². The lowest BCUT2D eigenvalue weighted by molar-refractivity contribution is 0.216. The third kappa shape index (κ3) is 3.73. The molecule has 0 aromatic heterocycles. The lowest BCUT2D eigenvalue weighted by Gasteiger charge is -2.45. The van der Waals surface area contributed by atoms with Crippen LogP contribution in [0.25, 0.3) is 0 Å². The first-order valence-electron chi connectivity index (χ1n) is 8.99. The Bertz CT molecular complexity index is 397. The van der Waals surface area contributed by atoms with E-state index in [1.165, 1.54) is 37.9 Å². The minimum atomic E-state index is 0.105. The predicted octanol–water partition coefficient (Wildman–Crippen LogP) is 2.48. The number of aliphatic imine (C=N–C) groups is 1. The highest BCUT2D eigenvalue weighted by Gasteiger charge is 2.42. The van der Waals surface area contributed by atoms with Gasteiger partial charge in [0.2, 0.25) is 0 Å². The zero-order valence-electron chi connectivity index (χ0n) is 13.9. The third-order valence-electron chi connectivity index (χ3n) is 5.50. The van der Waals surface area contributed by atoms with E-state index in [-0.39, 0.29) is 12.0 Å². The summed E-state index contributed by atoms with van der Waals surface area (Å²) in [6.45, 7) is 6.38. The summed E-state index contributed by atoms with van der Waals surface area (Å²) in [5.41, 5.74) is 0.105. The van der Waals surface area contributed by atoms with Gasteiger partial charge in [-0.2, -0.15) is 11.8 Å². The molecule has 2 N–H and O–H groups in total. The van der Waals surface area contributed by atoms with Gasteiger partial charge in [-0.1, -0.05) is 19.3 Å². The molecule has 0 radical (unpaired) electrons. The zero-order chi connectivity index (χ0) is 15.5. The first kappa shape index (κ1) is 16.4. The number of guanidine groups is 1. The Kier molecular flexibility index (Phi) is 5.23. The summed E-state index contributed by atoms with van der Waals surface area (Å²) in [4.78, 5) is 7.37. The fourth-order valence-electron chi connectivity index (χ4n) is 3.74. The van der Waals surface area contributed by atoms with Crippen molar-refractivity contribution in [2.24, 2.45) is 10.4 Å². The van der Waals surface area contributed by atoms with E-state index in [4.69, 9.17) is 4.99 Å². The van der Waals surface area contributed by atoms with Crippen molar-refractivity contribution >= 4 is 17.7 Å². The quantitative estimate of drug-likeness (QED) is 0.616. The molecule has 2 aliphatic carbocycles. The van der Waals surface area contributed by atoms with Gasteiger partial charge in [-0.3, -0.25) is 4.99 Å². The van der Waals surface area contributed by atoms with Gasteiger partial charge < -0.3 is 15.3 Å². The van der Waals surface area contributed by atoms with Crippen LogP contribution >= 0.6 is 11.8 Å². The van der Waals surface area contributed by atoms with Crippen LogP contribution in [-0.2, 0) is 0 Å². The molecule has 0 unspecified atom stereocenters. The number of nitrogens with zero attached hydrogens (tertiary/aromatic N) is 2. The average molecular weight is 326 g/mol. The average Bonchev–Trinajstić information content (AvgIpc) is 3.33. The SMILES string of the molecule is CCNC(=NCC1(CO)CC1)N1CCSC2(CCCCC2)C1. The molecule has 22 heavy (non-hydrogen) atoms. The highest BCUT2D eigenvalue weighted by Crippen LogP contribution is 2.45. The highest BCUT2D eigenvalue weighted by molar-refractivity contribution is 8.00. The fraction of sp³-hybridized carbons (Fsp3) is 0.941. The number of aliphatic hydroxyl groups is 1. The van der Waals surface area contributed by atoms with E-state index in [0.29, 0.717) is 4.75 Å². The van der Waals surface area contributed by atoms with Gasteiger partial charge >= 0.3 is 0 Å². The first-order valence-corrected chi connectivity index (χ1v) is 9.98. The van der Waals surface area contributed by atoms with Crippen molar-refractivity contribution in [2.45, 2.75) is 56.6 Å². The largest absolute Gasteiger partial charge is 0.396 e. The monoisotopic (exact) mass is 325 g/mol. The van der Waals surface area contributed by atoms with Crippen LogP contribution < -0.4 is 5.32 Å². The van der Waals surface area contributed by atoms with Gasteiger partial charge in [0, 0.05) is 35.5 Å². The smallest absolute Gasteiger partial charge is 0.194 e. The number of hydrogen-bond acceptors (Lipinski definition) is 3. The molecule has 3 aliphatic rings. The molecule has 0 bridgehead atoms. The molecule has 0 aromatic carbocycles. The van der Waals surface area contributed by atoms with Crippen LogP contribution in [0.3, 0.4) is 0 Å². The van der Waals surface area contributed by atoms with Crippen LogP contribution in [0.2, 0.25) is 0 Å². The predicted molar refractivity (Wildman–Crippen MR) is 94.6 cm³/mol. The maximum absolute atomic E-state index is 9.50. The van der Waals surface area contributed by atoms with Gasteiger partial charge in [-0.25, -0.2) is 0 Å². The van der Waals surface area contributed by atoms with Gasteiger partial charge in [0.15, 0.2) is 5.96 Å². The minimum absolute atomic E-state index is 0.105. The normalized spacial score (nSPS) is 27.0. The van der Waals surface area contributed by atoms with Crippen LogP contribution in [0.15, 0.2) is 4.99 Å². The number of thioether (sulfide) groups is 1. The van der Waals surface area contributed by atoms with Crippen LogP contribution in [0.4, 0.5) is 0 Å². The van der Waals surface area contributed by atoms with Gasteiger partial charge in [0.25, 0.3) is 0 Å². The highest BCUT2D eigenvalue weighted by atomic mass is 32.2.